The molecule has 3 unspecified atom stereocenters. The number of benzene rings is 1. The van der Waals surface area contributed by atoms with Crippen molar-refractivity contribution in [2.75, 3.05) is 26.2 Å². The van der Waals surface area contributed by atoms with Gasteiger partial charge in [-0.2, -0.15) is 0 Å². The highest BCUT2D eigenvalue weighted by Crippen LogP contribution is 2.29. The van der Waals surface area contributed by atoms with Gasteiger partial charge in [-0.1, -0.05) is 6.92 Å². The van der Waals surface area contributed by atoms with Crippen molar-refractivity contribution in [1.82, 2.24) is 0 Å². The van der Waals surface area contributed by atoms with Gasteiger partial charge in [0.05, 0.1) is 13.1 Å². The summed E-state index contributed by atoms with van der Waals surface area (Å²) in [5.74, 6) is 1.37. The number of quaternary nitrogens is 1. The van der Waals surface area contributed by atoms with E-state index in [-0.39, 0.29) is 12.2 Å². The number of hydrogen-bond acceptors (Lipinski definition) is 4. The van der Waals surface area contributed by atoms with E-state index in [0.717, 1.165) is 61.3 Å². The summed E-state index contributed by atoms with van der Waals surface area (Å²) < 4.78 is 11.3. The number of likely N-dealkylation sites (tertiary alicyclic amines) is 1. The van der Waals surface area contributed by atoms with Crippen LogP contribution in [-0.4, -0.2) is 37.5 Å². The average Bonchev–Trinajstić information content (AvgIpc) is 3.10. The van der Waals surface area contributed by atoms with E-state index in [1.165, 1.54) is 17.7 Å². The van der Waals surface area contributed by atoms with E-state index in [1.807, 2.05) is 12.1 Å². The third kappa shape index (κ3) is 3.64. The predicted octanol–water partition coefficient (Wildman–Crippen LogP) is 1.34. The fraction of sp³-hybridized carbons (Fsp3) is 0.571. The Morgan fingerprint density at radius 1 is 1.31 bits per heavy atom. The molecule has 1 aliphatic carbocycles. The number of aliphatic hydroxyl groups is 1. The molecule has 2 heterocycles. The van der Waals surface area contributed by atoms with Crippen LogP contribution in [0.3, 0.4) is 0 Å². The quantitative estimate of drug-likeness (QED) is 0.792. The summed E-state index contributed by atoms with van der Waals surface area (Å²) in [5, 5.41) is 11.3. The normalized spacial score (nSPS) is 23.8. The molecule has 5 heteroatoms. The number of rotatable bonds is 5. The van der Waals surface area contributed by atoms with Crippen molar-refractivity contribution in [3.63, 3.8) is 0 Å². The number of nitrogens with one attached hydrogen (secondary N) is 1. The molecule has 2 aliphatic rings. The number of aryl methyl sites for hydroxylation is 1. The standard InChI is InChI=1S/C21H27NO4/c1-14-4-3-9-22(11-14)12-15(23)13-25-16-7-8-18-17-5-2-6-19(17)21(24)26-20(18)10-16/h7-8,10,14-15,23H,2-6,9,11-13H2,1H3/p+1. The number of ether oxygens (including phenoxy) is 1. The molecule has 0 spiro atoms. The average molecular weight is 358 g/mol. The molecule has 0 saturated carbocycles. The first-order chi connectivity index (χ1) is 12.6. The molecule has 0 amide bonds. The number of hydrogen-bond donors (Lipinski definition) is 2. The van der Waals surface area contributed by atoms with Crippen LogP contribution in [0.15, 0.2) is 27.4 Å². The Bertz CT molecular complexity index is 844. The zero-order valence-corrected chi connectivity index (χ0v) is 15.4. The van der Waals surface area contributed by atoms with Crippen LogP contribution in [-0.2, 0) is 12.8 Å². The summed E-state index contributed by atoms with van der Waals surface area (Å²) in [4.78, 5) is 13.6. The fourth-order valence-corrected chi connectivity index (χ4v) is 4.52. The lowest BCUT2D eigenvalue weighted by Gasteiger charge is -2.29. The summed E-state index contributed by atoms with van der Waals surface area (Å²) in [6, 6.07) is 5.66. The molecular formula is C21H28NO4+. The summed E-state index contributed by atoms with van der Waals surface area (Å²) in [6.45, 7) is 5.53. The summed E-state index contributed by atoms with van der Waals surface area (Å²) in [7, 11) is 0. The number of fused-ring (bicyclic) bond motifs is 3. The fourth-order valence-electron chi connectivity index (χ4n) is 4.52. The van der Waals surface area contributed by atoms with Gasteiger partial charge in [0, 0.05) is 22.9 Å². The van der Waals surface area contributed by atoms with Crippen LogP contribution in [0, 0.1) is 5.92 Å². The van der Waals surface area contributed by atoms with Crippen molar-refractivity contribution in [3.05, 3.63) is 39.7 Å². The number of piperidine rings is 1. The molecule has 5 nitrogen and oxygen atoms in total. The Morgan fingerprint density at radius 2 is 2.15 bits per heavy atom. The molecule has 1 fully saturated rings. The minimum Gasteiger partial charge on any atom is -0.491 e. The van der Waals surface area contributed by atoms with Gasteiger partial charge in [-0.05, 0) is 49.8 Å². The maximum absolute atomic E-state index is 12.1. The summed E-state index contributed by atoms with van der Waals surface area (Å²) in [5.41, 5.74) is 2.33. The second kappa shape index (κ2) is 7.41. The van der Waals surface area contributed by atoms with Crippen molar-refractivity contribution in [2.45, 2.75) is 45.1 Å². The largest absolute Gasteiger partial charge is 0.491 e. The van der Waals surface area contributed by atoms with Crippen molar-refractivity contribution in [1.29, 1.82) is 0 Å². The topological polar surface area (TPSA) is 64.1 Å². The van der Waals surface area contributed by atoms with E-state index in [2.05, 4.69) is 6.92 Å². The lowest BCUT2D eigenvalue weighted by molar-refractivity contribution is -0.911. The zero-order chi connectivity index (χ0) is 18.1. The van der Waals surface area contributed by atoms with Crippen molar-refractivity contribution in [3.8, 4) is 5.75 Å². The van der Waals surface area contributed by atoms with E-state index in [4.69, 9.17) is 9.15 Å². The lowest BCUT2D eigenvalue weighted by atomic mass is 10.0. The minimum atomic E-state index is -0.488. The molecule has 1 aromatic carbocycles. The maximum Gasteiger partial charge on any atom is 0.339 e. The van der Waals surface area contributed by atoms with Crippen LogP contribution >= 0.6 is 0 Å². The third-order valence-electron chi connectivity index (χ3n) is 5.78. The molecule has 2 N–H and O–H groups in total. The van der Waals surface area contributed by atoms with Gasteiger partial charge in [0.25, 0.3) is 0 Å². The van der Waals surface area contributed by atoms with E-state index < -0.39 is 6.10 Å². The van der Waals surface area contributed by atoms with Crippen LogP contribution in [0.5, 0.6) is 5.75 Å². The highest BCUT2D eigenvalue weighted by Gasteiger charge is 2.23. The highest BCUT2D eigenvalue weighted by atomic mass is 16.5. The van der Waals surface area contributed by atoms with Crippen LogP contribution in [0.4, 0.5) is 0 Å². The third-order valence-corrected chi connectivity index (χ3v) is 5.78. The Labute approximate surface area is 153 Å². The highest BCUT2D eigenvalue weighted by molar-refractivity contribution is 5.83. The molecule has 4 rings (SSSR count). The molecule has 1 aromatic heterocycles. The maximum atomic E-state index is 12.1. The SMILES string of the molecule is CC1CCC[NH+](CC(O)COc2ccc3c4c(c(=O)oc3c2)CCC4)C1. The van der Waals surface area contributed by atoms with E-state index in [1.54, 1.807) is 6.07 Å². The Balaban J connectivity index is 1.41. The van der Waals surface area contributed by atoms with Crippen LogP contribution in [0.2, 0.25) is 0 Å². The predicted molar refractivity (Wildman–Crippen MR) is 100.0 cm³/mol. The van der Waals surface area contributed by atoms with Crippen molar-refractivity contribution < 1.29 is 19.2 Å². The van der Waals surface area contributed by atoms with Gasteiger partial charge in [0.2, 0.25) is 0 Å². The van der Waals surface area contributed by atoms with E-state index >= 15 is 0 Å². The molecule has 1 saturated heterocycles. The van der Waals surface area contributed by atoms with Crippen LogP contribution < -0.4 is 15.3 Å². The van der Waals surface area contributed by atoms with E-state index in [9.17, 15) is 9.90 Å². The second-order valence-electron chi connectivity index (χ2n) is 7.98. The van der Waals surface area contributed by atoms with Gasteiger partial charge < -0.3 is 19.2 Å². The second-order valence-corrected chi connectivity index (χ2v) is 7.98. The zero-order valence-electron chi connectivity index (χ0n) is 15.4. The molecule has 3 atom stereocenters. The van der Waals surface area contributed by atoms with Crippen molar-refractivity contribution in [2.24, 2.45) is 5.92 Å². The Hall–Kier alpha value is -1.85. The molecule has 0 bridgehead atoms. The molecule has 2 aromatic rings. The monoisotopic (exact) mass is 358 g/mol. The van der Waals surface area contributed by atoms with E-state index in [0.29, 0.717) is 11.3 Å². The molecular weight excluding hydrogens is 330 g/mol. The van der Waals surface area contributed by atoms with Gasteiger partial charge >= 0.3 is 5.63 Å². The molecule has 0 radical (unpaired) electrons. The van der Waals surface area contributed by atoms with Gasteiger partial charge in [-0.25, -0.2) is 4.79 Å². The van der Waals surface area contributed by atoms with Crippen molar-refractivity contribution >= 4 is 11.0 Å². The molecule has 1 aliphatic heterocycles. The minimum absolute atomic E-state index is 0.218. The van der Waals surface area contributed by atoms with Gasteiger partial charge in [-0.3, -0.25) is 0 Å². The first-order valence-corrected chi connectivity index (χ1v) is 9.83. The lowest BCUT2D eigenvalue weighted by Crippen LogP contribution is -3.14. The summed E-state index contributed by atoms with van der Waals surface area (Å²) in [6.07, 6.45) is 4.81. The van der Waals surface area contributed by atoms with Gasteiger partial charge in [-0.15, -0.1) is 0 Å². The molecule has 140 valence electrons. The van der Waals surface area contributed by atoms with Gasteiger partial charge in [0.1, 0.15) is 30.6 Å². The smallest absolute Gasteiger partial charge is 0.339 e. The first-order valence-electron chi connectivity index (χ1n) is 9.83. The van der Waals surface area contributed by atoms with Gasteiger partial charge in [0.15, 0.2) is 0 Å². The summed E-state index contributed by atoms with van der Waals surface area (Å²) >= 11 is 0. The number of aliphatic hydroxyl groups excluding tert-OH is 1. The first kappa shape index (κ1) is 17.6. The molecule has 26 heavy (non-hydrogen) atoms. The van der Waals surface area contributed by atoms with Crippen LogP contribution in [0.1, 0.15) is 37.3 Å². The Kier molecular flexibility index (Phi) is 5.00. The Morgan fingerprint density at radius 3 is 3.00 bits per heavy atom. The van der Waals surface area contributed by atoms with Crippen LogP contribution in [0.25, 0.3) is 11.0 Å².